The molecule has 8 aromatic carbocycles. The zero-order valence-electron chi connectivity index (χ0n) is 33.7. The largest absolute Gasteiger partial charge is 0.309 e. The molecular weight excluding hydrogens is 745 g/mol. The van der Waals surface area contributed by atoms with Crippen LogP contribution in [-0.2, 0) is 6.42 Å². The minimum absolute atomic E-state index is 0.572. The van der Waals surface area contributed by atoms with E-state index >= 15 is 0 Å². The highest BCUT2D eigenvalue weighted by atomic mass is 15.2. The monoisotopic (exact) mass is 784 g/mol. The van der Waals surface area contributed by atoms with Crippen molar-refractivity contribution < 1.29 is 0 Å². The summed E-state index contributed by atoms with van der Waals surface area (Å²) in [6.45, 7) is 2.25. The molecule has 0 bridgehead atoms. The van der Waals surface area contributed by atoms with E-state index < -0.39 is 0 Å². The molecule has 61 heavy (non-hydrogen) atoms. The zero-order valence-corrected chi connectivity index (χ0v) is 33.7. The van der Waals surface area contributed by atoms with Crippen LogP contribution in [0.1, 0.15) is 25.3 Å². The molecule has 0 aliphatic carbocycles. The van der Waals surface area contributed by atoms with Gasteiger partial charge < -0.3 is 9.13 Å². The lowest BCUT2D eigenvalue weighted by Gasteiger charge is -2.13. The van der Waals surface area contributed by atoms with Crippen LogP contribution in [0.4, 0.5) is 0 Å². The molecule has 0 fully saturated rings. The Morgan fingerprint density at radius 2 is 0.885 bits per heavy atom. The van der Waals surface area contributed by atoms with Gasteiger partial charge in [0.1, 0.15) is 0 Å². The first-order chi connectivity index (χ1) is 30.2. The molecule has 0 unspecified atom stereocenters. The van der Waals surface area contributed by atoms with Gasteiger partial charge in [-0.1, -0.05) is 135 Å². The van der Waals surface area contributed by atoms with Crippen LogP contribution in [-0.4, -0.2) is 28.7 Å². The van der Waals surface area contributed by atoms with E-state index in [1.54, 1.807) is 0 Å². The van der Waals surface area contributed by atoms with Crippen LogP contribution in [0, 0.1) is 0 Å². The third-order valence-electron chi connectivity index (χ3n) is 12.3. The van der Waals surface area contributed by atoms with Crippen molar-refractivity contribution in [1.29, 1.82) is 0 Å². The summed E-state index contributed by atoms with van der Waals surface area (Å²) < 4.78 is 6.98. The lowest BCUT2D eigenvalue weighted by Crippen LogP contribution is -2.06. The van der Waals surface area contributed by atoms with E-state index in [-0.39, 0.29) is 0 Å². The number of hydrogen-bond acceptors (Lipinski definition) is 3. The van der Waals surface area contributed by atoms with Gasteiger partial charge in [-0.25, -0.2) is 4.98 Å². The highest BCUT2D eigenvalue weighted by Crippen LogP contribution is 2.42. The van der Waals surface area contributed by atoms with Crippen LogP contribution in [0.5, 0.6) is 0 Å². The van der Waals surface area contributed by atoms with Crippen molar-refractivity contribution in [2.45, 2.75) is 26.2 Å². The molecule has 12 rings (SSSR count). The van der Waals surface area contributed by atoms with Crippen molar-refractivity contribution in [1.82, 2.24) is 28.7 Å². The van der Waals surface area contributed by atoms with E-state index in [0.717, 1.165) is 50.9 Å². The highest BCUT2D eigenvalue weighted by molar-refractivity contribution is 6.28. The van der Waals surface area contributed by atoms with Gasteiger partial charge in [-0.15, -0.1) is 0 Å². The number of para-hydroxylation sites is 4. The molecule has 12 aromatic rings. The summed E-state index contributed by atoms with van der Waals surface area (Å²) in [5.41, 5.74) is 12.2. The number of unbranched alkanes of at least 4 members (excludes halogenated alkanes) is 1. The van der Waals surface area contributed by atoms with Crippen LogP contribution in [0.15, 0.2) is 188 Å². The van der Waals surface area contributed by atoms with Crippen LogP contribution in [0.3, 0.4) is 0 Å². The summed E-state index contributed by atoms with van der Waals surface area (Å²) in [7, 11) is 0. The number of benzene rings is 8. The molecule has 290 valence electrons. The van der Waals surface area contributed by atoms with Crippen LogP contribution < -0.4 is 0 Å². The summed E-state index contributed by atoms with van der Waals surface area (Å²) in [5.74, 6) is 1.80. The second kappa shape index (κ2) is 14.2. The van der Waals surface area contributed by atoms with E-state index in [1.165, 1.54) is 61.9 Å². The van der Waals surface area contributed by atoms with E-state index in [0.29, 0.717) is 17.6 Å². The van der Waals surface area contributed by atoms with Gasteiger partial charge in [0.15, 0.2) is 11.6 Å². The van der Waals surface area contributed by atoms with Gasteiger partial charge in [0, 0.05) is 54.8 Å². The highest BCUT2D eigenvalue weighted by Gasteiger charge is 2.23. The van der Waals surface area contributed by atoms with E-state index in [2.05, 4.69) is 190 Å². The number of aromatic nitrogens is 6. The van der Waals surface area contributed by atoms with Gasteiger partial charge in [-0.3, -0.25) is 4.57 Å². The van der Waals surface area contributed by atoms with Gasteiger partial charge in [0.2, 0.25) is 5.95 Å². The maximum Gasteiger partial charge on any atom is 0.238 e. The van der Waals surface area contributed by atoms with Gasteiger partial charge >= 0.3 is 0 Å². The summed E-state index contributed by atoms with van der Waals surface area (Å²) in [6, 6.07) is 67.0. The minimum Gasteiger partial charge on any atom is -0.309 e. The zero-order chi connectivity index (χ0) is 40.4. The van der Waals surface area contributed by atoms with Gasteiger partial charge in [-0.05, 0) is 85.1 Å². The van der Waals surface area contributed by atoms with Crippen LogP contribution in [0.25, 0.3) is 106 Å². The maximum absolute atomic E-state index is 5.38. The Balaban J connectivity index is 1.09. The first kappa shape index (κ1) is 35.1. The molecule has 0 spiro atoms. The Bertz CT molecular complexity index is 3630. The Morgan fingerprint density at radius 1 is 0.377 bits per heavy atom. The summed E-state index contributed by atoms with van der Waals surface area (Å²) in [4.78, 5) is 15.9. The topological polar surface area (TPSA) is 53.5 Å². The average molecular weight is 785 g/mol. The van der Waals surface area contributed by atoms with Crippen LogP contribution >= 0.6 is 0 Å². The average Bonchev–Trinajstić information content (AvgIpc) is 3.97. The summed E-state index contributed by atoms with van der Waals surface area (Å²) in [5, 5.41) is 7.26. The SMILES string of the molecule is CCCCc1ccc2c(c1)c1ccccc1n2-c1cccc(-c2nc(-c3ccccc3)nc(-n3c4ccccc4c4c5c6ccccc6n(-c6ccccc6)c5ccc43)n2)c1. The Hall–Kier alpha value is -7.83. The van der Waals surface area contributed by atoms with Crippen LogP contribution in [0.2, 0.25) is 0 Å². The van der Waals surface area contributed by atoms with Gasteiger partial charge in [-0.2, -0.15) is 9.97 Å². The molecule has 0 radical (unpaired) electrons. The molecule has 0 saturated carbocycles. The Labute approximate surface area is 352 Å². The quantitative estimate of drug-likeness (QED) is 0.154. The summed E-state index contributed by atoms with van der Waals surface area (Å²) >= 11 is 0. The maximum atomic E-state index is 5.38. The van der Waals surface area contributed by atoms with E-state index in [9.17, 15) is 0 Å². The van der Waals surface area contributed by atoms with Crippen molar-refractivity contribution in [2.75, 3.05) is 0 Å². The predicted molar refractivity (Wildman–Crippen MR) is 252 cm³/mol. The van der Waals surface area contributed by atoms with E-state index in [4.69, 9.17) is 15.0 Å². The molecule has 0 amide bonds. The summed E-state index contributed by atoms with van der Waals surface area (Å²) in [6.07, 6.45) is 3.45. The van der Waals surface area contributed by atoms with Crippen molar-refractivity contribution >= 4 is 65.4 Å². The lowest BCUT2D eigenvalue weighted by atomic mass is 10.0. The number of fused-ring (bicyclic) bond motifs is 10. The van der Waals surface area contributed by atoms with Crippen molar-refractivity contribution in [3.05, 3.63) is 194 Å². The standard InChI is InChI=1S/C55H40N6/c1-2-3-17-36-30-31-48-44(34-36)41-24-10-13-27-45(41)60(48)40-23-16-20-38(35-40)54-56-53(37-18-6-4-7-19-37)57-55(58-54)61-47-29-15-12-26-43(47)52-50(61)33-32-49-51(52)42-25-11-14-28-46(42)59(49)39-21-8-5-9-22-39/h4-16,18-35H,2-3,17H2,1H3. The molecule has 4 heterocycles. The molecule has 0 atom stereocenters. The normalized spacial score (nSPS) is 11.9. The second-order valence-corrected chi connectivity index (χ2v) is 15.9. The third kappa shape index (κ3) is 5.60. The first-order valence-corrected chi connectivity index (χ1v) is 21.2. The number of aryl methyl sites for hydroxylation is 1. The fourth-order valence-electron chi connectivity index (χ4n) is 9.52. The van der Waals surface area contributed by atoms with Crippen molar-refractivity contribution in [2.24, 2.45) is 0 Å². The third-order valence-corrected chi connectivity index (χ3v) is 12.3. The molecule has 6 nitrogen and oxygen atoms in total. The Kier molecular flexibility index (Phi) is 8.17. The number of nitrogens with zero attached hydrogens (tertiary/aromatic N) is 6. The van der Waals surface area contributed by atoms with Gasteiger partial charge in [0.25, 0.3) is 0 Å². The minimum atomic E-state index is 0.572. The molecule has 4 aromatic heterocycles. The number of hydrogen-bond donors (Lipinski definition) is 0. The van der Waals surface area contributed by atoms with Crippen molar-refractivity contribution in [3.63, 3.8) is 0 Å². The molecule has 0 aliphatic heterocycles. The fraction of sp³-hybridized carbons (Fsp3) is 0.0727. The molecule has 6 heteroatoms. The second-order valence-electron chi connectivity index (χ2n) is 15.9. The first-order valence-electron chi connectivity index (χ1n) is 21.2. The van der Waals surface area contributed by atoms with Gasteiger partial charge in [0.05, 0.1) is 33.1 Å². The molecule has 0 aliphatic rings. The smallest absolute Gasteiger partial charge is 0.238 e. The lowest BCUT2D eigenvalue weighted by molar-refractivity contribution is 0.796. The van der Waals surface area contributed by atoms with Crippen molar-refractivity contribution in [3.8, 4) is 40.1 Å². The Morgan fingerprint density at radius 3 is 1.59 bits per heavy atom. The van der Waals surface area contributed by atoms with E-state index in [1.807, 2.05) is 18.2 Å². The molecule has 0 N–H and O–H groups in total. The predicted octanol–water partition coefficient (Wildman–Crippen LogP) is 13.8. The molecular formula is C55H40N6. The fourth-order valence-corrected chi connectivity index (χ4v) is 9.52. The molecule has 0 saturated heterocycles. The number of rotatable bonds is 8.